The summed E-state index contributed by atoms with van der Waals surface area (Å²) in [4.78, 5) is 11.1. The van der Waals surface area contributed by atoms with Crippen LogP contribution in [0.25, 0.3) is 10.8 Å². The van der Waals surface area contributed by atoms with Gasteiger partial charge in [-0.3, -0.25) is 18.2 Å². The van der Waals surface area contributed by atoms with E-state index in [2.05, 4.69) is 34.7 Å². The summed E-state index contributed by atoms with van der Waals surface area (Å²) in [6, 6.07) is 14.2. The van der Waals surface area contributed by atoms with Crippen molar-refractivity contribution in [3.63, 3.8) is 0 Å². The fourth-order valence-corrected chi connectivity index (χ4v) is 8.80. The quantitative estimate of drug-likeness (QED) is 0.0363. The number of halogens is 1. The Labute approximate surface area is 325 Å². The number of anilines is 4. The van der Waals surface area contributed by atoms with Gasteiger partial charge in [-0.05, 0) is 72.5 Å². The smallest absolute Gasteiger partial charge is 0.397 e. The lowest BCUT2D eigenvalue weighted by molar-refractivity contribution is 0.285. The van der Waals surface area contributed by atoms with E-state index in [1.165, 1.54) is 12.1 Å². The van der Waals surface area contributed by atoms with E-state index in [1.54, 1.807) is 36.1 Å². The molecule has 0 fully saturated rings. The van der Waals surface area contributed by atoms with Crippen LogP contribution >= 0.6 is 20.2 Å². The molecule has 56 heavy (non-hydrogen) atoms. The molecule has 5 aromatic rings. The zero-order valence-electron chi connectivity index (χ0n) is 28.1. The Hall–Kier alpha value is -4.53. The molecule has 0 aliphatic heterocycles. The van der Waals surface area contributed by atoms with E-state index in [0.717, 1.165) is 29.6 Å². The topological polar surface area (TPSA) is 326 Å². The van der Waals surface area contributed by atoms with Gasteiger partial charge in [-0.2, -0.15) is 48.6 Å². The van der Waals surface area contributed by atoms with Crippen LogP contribution in [0.4, 0.5) is 34.6 Å². The Bertz CT molecular complexity index is 2830. The van der Waals surface area contributed by atoms with E-state index in [0.29, 0.717) is 11.8 Å². The number of phenolic OH excluding ortho intramolecular Hbond substituents is 1. The average Bonchev–Trinajstić information content (AvgIpc) is 3.08. The number of rotatable bonds is 15. The maximum Gasteiger partial charge on any atom is 0.397 e. The number of azo groups is 1. The number of aromatic nitrogens is 3. The Morgan fingerprint density at radius 2 is 1.50 bits per heavy atom. The molecule has 1 heterocycles. The second-order valence-corrected chi connectivity index (χ2v) is 18.0. The van der Waals surface area contributed by atoms with Crippen LogP contribution in [0, 0.1) is 0 Å². The number of nitrogens with zero attached hydrogens (tertiary/aromatic N) is 6. The first-order valence-electron chi connectivity index (χ1n) is 15.2. The van der Waals surface area contributed by atoms with E-state index >= 15 is 0 Å². The number of hydrogen-bond donors (Lipinski definition) is 6. The molecular weight excluding hydrogens is 865 g/mol. The lowest BCUT2D eigenvalue weighted by atomic mass is 10.1. The van der Waals surface area contributed by atoms with Gasteiger partial charge in [0, 0.05) is 23.0 Å². The van der Waals surface area contributed by atoms with Crippen molar-refractivity contribution in [2.75, 3.05) is 29.5 Å². The number of phenols is 1. The van der Waals surface area contributed by atoms with Crippen molar-refractivity contribution >= 4 is 112 Å². The number of fused-ring (bicyclic) bond motifs is 1. The molecule has 1 aromatic heterocycles. The molecule has 0 aliphatic rings. The SMILES string of the molecule is CCN(c1cccc(PCCOS(=O)(=O)O)c1)c1nc(Cl)nc(Nc2ccc3c(O)c(/N=N/c4ccccc4S(=O)(=O)O)c(S(=O)(=O)O)cc3c2S(=O)(=O)O)n1. The van der Waals surface area contributed by atoms with Gasteiger partial charge in [0.05, 0.1) is 12.3 Å². The zero-order valence-corrected chi connectivity index (χ0v) is 33.1. The molecule has 0 amide bonds. The zero-order chi connectivity index (χ0) is 41.2. The predicted molar refractivity (Wildman–Crippen MR) is 203 cm³/mol. The fraction of sp³-hybridized carbons (Fsp3) is 0.138. The summed E-state index contributed by atoms with van der Waals surface area (Å²) < 4.78 is 139. The molecule has 1 unspecified atom stereocenters. The van der Waals surface area contributed by atoms with Crippen LogP contribution in [-0.2, 0) is 44.9 Å². The second-order valence-electron chi connectivity index (χ2n) is 11.0. The summed E-state index contributed by atoms with van der Waals surface area (Å²) in [5, 5.41) is 20.3. The van der Waals surface area contributed by atoms with Crippen molar-refractivity contribution in [2.45, 2.75) is 21.6 Å². The second kappa shape index (κ2) is 16.5. The highest BCUT2D eigenvalue weighted by Crippen LogP contribution is 2.45. The van der Waals surface area contributed by atoms with Gasteiger partial charge >= 0.3 is 10.4 Å². The standard InChI is InChI=1S/C29H27ClN7O14PS4/c1-2-37(16-6-5-7-17(14-16)52-13-12-51-56(48,49)50)29-33-27(30)32-28(34-29)31-21-11-10-18-19(26(21)55(45,46)47)15-23(54(42,43)44)24(25(18)38)36-35-20-8-3-4-9-22(20)53(39,40)41/h3-11,14-15,38,52H,2,12-13H2,1H3,(H,39,40,41)(H,42,43,44)(H,45,46,47)(H,48,49,50)(H,31,32,33,34)/b36-35+. The Morgan fingerprint density at radius 1 is 0.804 bits per heavy atom. The van der Waals surface area contributed by atoms with Crippen LogP contribution in [0.5, 0.6) is 5.75 Å². The summed E-state index contributed by atoms with van der Waals surface area (Å²) >= 11 is 6.23. The molecule has 0 bridgehead atoms. The van der Waals surface area contributed by atoms with Gasteiger partial charge in [0.25, 0.3) is 30.4 Å². The Kier molecular flexibility index (Phi) is 12.6. The maximum atomic E-state index is 12.9. The average molecular weight is 892 g/mol. The largest absolute Gasteiger partial charge is 0.505 e. The van der Waals surface area contributed by atoms with Crippen molar-refractivity contribution in [1.29, 1.82) is 0 Å². The van der Waals surface area contributed by atoms with Crippen molar-refractivity contribution in [3.05, 3.63) is 72.0 Å². The Balaban J connectivity index is 1.57. The van der Waals surface area contributed by atoms with Gasteiger partial charge in [-0.25, -0.2) is 4.18 Å². The normalized spacial score (nSPS) is 12.9. The van der Waals surface area contributed by atoms with Crippen LogP contribution in [0.1, 0.15) is 6.92 Å². The van der Waals surface area contributed by atoms with E-state index in [4.69, 9.17) is 16.2 Å². The van der Waals surface area contributed by atoms with Crippen molar-refractivity contribution in [2.24, 2.45) is 10.2 Å². The number of aromatic hydroxyl groups is 1. The molecule has 5 rings (SSSR count). The van der Waals surface area contributed by atoms with Crippen LogP contribution < -0.4 is 15.5 Å². The van der Waals surface area contributed by atoms with Gasteiger partial charge < -0.3 is 15.3 Å². The summed E-state index contributed by atoms with van der Waals surface area (Å²) in [6.45, 7) is 1.75. The van der Waals surface area contributed by atoms with E-state index in [-0.39, 0.29) is 45.1 Å². The van der Waals surface area contributed by atoms with Crippen molar-refractivity contribution in [3.8, 4) is 5.75 Å². The molecule has 0 saturated heterocycles. The molecule has 0 aliphatic carbocycles. The highest BCUT2D eigenvalue weighted by Gasteiger charge is 2.28. The van der Waals surface area contributed by atoms with Crippen molar-refractivity contribution < 1.29 is 61.2 Å². The lowest BCUT2D eigenvalue weighted by Gasteiger charge is -2.22. The van der Waals surface area contributed by atoms with Crippen LogP contribution in [0.2, 0.25) is 5.28 Å². The minimum Gasteiger partial charge on any atom is -0.505 e. The highest BCUT2D eigenvalue weighted by atomic mass is 35.5. The van der Waals surface area contributed by atoms with Gasteiger partial charge in [0.1, 0.15) is 26.1 Å². The third-order valence-electron chi connectivity index (χ3n) is 7.34. The summed E-state index contributed by atoms with van der Waals surface area (Å²) in [5.74, 6) is -1.49. The molecule has 4 aromatic carbocycles. The Morgan fingerprint density at radius 3 is 2.14 bits per heavy atom. The van der Waals surface area contributed by atoms with Gasteiger partial charge in [0.15, 0.2) is 5.75 Å². The first-order chi connectivity index (χ1) is 26.1. The predicted octanol–water partition coefficient (Wildman–Crippen LogP) is 4.56. The highest BCUT2D eigenvalue weighted by molar-refractivity contribution is 7.86. The molecular formula is C29H27ClN7O14PS4. The fourth-order valence-electron chi connectivity index (χ4n) is 5.13. The van der Waals surface area contributed by atoms with Crippen LogP contribution in [0.15, 0.2) is 91.6 Å². The molecule has 0 spiro atoms. The van der Waals surface area contributed by atoms with E-state index in [9.17, 15) is 52.4 Å². The van der Waals surface area contributed by atoms with E-state index in [1.807, 2.05) is 0 Å². The monoisotopic (exact) mass is 891 g/mol. The van der Waals surface area contributed by atoms with Crippen LogP contribution in [-0.4, -0.2) is 91.3 Å². The lowest BCUT2D eigenvalue weighted by Crippen LogP contribution is -2.21. The maximum absolute atomic E-state index is 12.9. The third-order valence-corrected chi connectivity index (χ3v) is 11.9. The molecule has 0 radical (unpaired) electrons. The minimum absolute atomic E-state index is 0.0451. The first-order valence-corrected chi connectivity index (χ1v) is 22.5. The molecule has 21 nitrogen and oxygen atoms in total. The summed E-state index contributed by atoms with van der Waals surface area (Å²) in [5.41, 5.74) is -1.38. The number of benzene rings is 4. The number of nitrogens with one attached hydrogen (secondary N) is 1. The van der Waals surface area contributed by atoms with Gasteiger partial charge in [-0.1, -0.05) is 32.8 Å². The van der Waals surface area contributed by atoms with Crippen molar-refractivity contribution in [1.82, 2.24) is 15.0 Å². The van der Waals surface area contributed by atoms with E-state index < -0.39 is 89.0 Å². The first kappa shape index (κ1) is 42.6. The minimum atomic E-state index is -5.36. The van der Waals surface area contributed by atoms with Crippen LogP contribution in [0.3, 0.4) is 0 Å². The molecule has 1 atom stereocenters. The number of hydrogen-bond acceptors (Lipinski definition) is 17. The van der Waals surface area contributed by atoms with Gasteiger partial charge in [0.2, 0.25) is 17.2 Å². The summed E-state index contributed by atoms with van der Waals surface area (Å²) in [7, 11) is -20.1. The molecule has 298 valence electrons. The molecule has 0 saturated carbocycles. The summed E-state index contributed by atoms with van der Waals surface area (Å²) in [6.07, 6.45) is 0.267. The molecule has 6 N–H and O–H groups in total. The third kappa shape index (κ3) is 10.3. The molecule has 27 heteroatoms. The van der Waals surface area contributed by atoms with Gasteiger partial charge in [-0.15, -0.1) is 10.2 Å².